The predicted octanol–water partition coefficient (Wildman–Crippen LogP) is 3.59. The highest BCUT2D eigenvalue weighted by atomic mass is 32.2. The van der Waals surface area contributed by atoms with Gasteiger partial charge < -0.3 is 5.32 Å². The van der Waals surface area contributed by atoms with Gasteiger partial charge in [0, 0.05) is 12.6 Å². The van der Waals surface area contributed by atoms with Gasteiger partial charge in [0.05, 0.1) is 16.6 Å². The lowest BCUT2D eigenvalue weighted by molar-refractivity contribution is 0.102. The smallest absolute Gasteiger partial charge is 0.286 e. The molecule has 1 amide bonds. The topological polar surface area (TPSA) is 92.3 Å². The molecule has 4 rings (SSSR count). The largest absolute Gasteiger partial charge is 0.317 e. The van der Waals surface area contributed by atoms with Gasteiger partial charge in [0.15, 0.2) is 0 Å². The number of aromatic nitrogens is 2. The van der Waals surface area contributed by atoms with Crippen LogP contribution in [0.4, 0.5) is 14.5 Å². The van der Waals surface area contributed by atoms with E-state index in [0.717, 1.165) is 23.5 Å². The fourth-order valence-electron chi connectivity index (χ4n) is 3.23. The fourth-order valence-corrected chi connectivity index (χ4v) is 5.86. The number of halogens is 2. The van der Waals surface area contributed by atoms with Crippen LogP contribution < -0.4 is 5.32 Å². The second-order valence-corrected chi connectivity index (χ2v) is 9.51. The Morgan fingerprint density at radius 1 is 1.13 bits per heavy atom. The summed E-state index contributed by atoms with van der Waals surface area (Å²) in [5.41, 5.74) is -0.188. The Labute approximate surface area is 175 Å². The van der Waals surface area contributed by atoms with E-state index in [1.807, 2.05) is 0 Å². The molecule has 156 valence electrons. The lowest BCUT2D eigenvalue weighted by Gasteiger charge is -2.22. The highest BCUT2D eigenvalue weighted by molar-refractivity contribution is 7.89. The molecule has 11 heteroatoms. The Bertz CT molecular complexity index is 1190. The van der Waals surface area contributed by atoms with E-state index in [4.69, 9.17) is 0 Å². The van der Waals surface area contributed by atoms with E-state index in [1.54, 1.807) is 18.2 Å². The molecule has 1 aliphatic rings. The third kappa shape index (κ3) is 3.95. The number of rotatable bonds is 5. The predicted molar refractivity (Wildman–Crippen MR) is 107 cm³/mol. The molecule has 3 aromatic rings. The quantitative estimate of drug-likeness (QED) is 0.641. The maximum Gasteiger partial charge on any atom is 0.286 e. The number of nitrogens with one attached hydrogen (secondary N) is 1. The SMILES string of the molecule is O=C(Nc1ccc(F)cc1F)c1nnc([C@@H]2CCCN2S(=O)(=O)c2ccccc2)s1. The lowest BCUT2D eigenvalue weighted by Crippen LogP contribution is -2.30. The van der Waals surface area contributed by atoms with Gasteiger partial charge in [0.1, 0.15) is 16.6 Å². The van der Waals surface area contributed by atoms with Gasteiger partial charge in [-0.2, -0.15) is 4.31 Å². The second-order valence-electron chi connectivity index (χ2n) is 6.61. The van der Waals surface area contributed by atoms with Crippen molar-refractivity contribution < 1.29 is 22.0 Å². The van der Waals surface area contributed by atoms with Crippen molar-refractivity contribution >= 4 is 33.0 Å². The van der Waals surface area contributed by atoms with Crippen molar-refractivity contribution in [3.8, 4) is 0 Å². The van der Waals surface area contributed by atoms with Crippen LogP contribution in [0.15, 0.2) is 53.4 Å². The van der Waals surface area contributed by atoms with Crippen molar-refractivity contribution in [2.24, 2.45) is 0 Å². The van der Waals surface area contributed by atoms with Crippen molar-refractivity contribution in [1.82, 2.24) is 14.5 Å². The van der Waals surface area contributed by atoms with Crippen molar-refractivity contribution in [3.63, 3.8) is 0 Å². The van der Waals surface area contributed by atoms with Crippen LogP contribution in [0.5, 0.6) is 0 Å². The zero-order chi connectivity index (χ0) is 21.3. The highest BCUT2D eigenvalue weighted by Crippen LogP contribution is 2.37. The van der Waals surface area contributed by atoms with Crippen LogP contribution in [0.3, 0.4) is 0 Å². The summed E-state index contributed by atoms with van der Waals surface area (Å²) in [6, 6.07) is 10.4. The normalized spacial score (nSPS) is 17.2. The Morgan fingerprint density at radius 3 is 2.63 bits per heavy atom. The van der Waals surface area contributed by atoms with E-state index in [9.17, 15) is 22.0 Å². The number of amides is 1. The molecule has 1 aromatic heterocycles. The van der Waals surface area contributed by atoms with Crippen molar-refractivity contribution in [2.45, 2.75) is 23.8 Å². The zero-order valence-electron chi connectivity index (χ0n) is 15.5. The summed E-state index contributed by atoms with van der Waals surface area (Å²) in [5.74, 6) is -2.38. The van der Waals surface area contributed by atoms with Gasteiger partial charge in [-0.05, 0) is 37.1 Å². The van der Waals surface area contributed by atoms with Crippen LogP contribution in [-0.2, 0) is 10.0 Å². The summed E-state index contributed by atoms with van der Waals surface area (Å²) in [4.78, 5) is 12.6. The third-order valence-corrected chi connectivity index (χ3v) is 7.60. The van der Waals surface area contributed by atoms with Crippen LogP contribution >= 0.6 is 11.3 Å². The number of anilines is 1. The van der Waals surface area contributed by atoms with Gasteiger partial charge in [0.25, 0.3) is 5.91 Å². The van der Waals surface area contributed by atoms with Crippen molar-refractivity contribution in [3.05, 3.63) is 70.2 Å². The van der Waals surface area contributed by atoms with Gasteiger partial charge in [-0.25, -0.2) is 17.2 Å². The summed E-state index contributed by atoms with van der Waals surface area (Å²) in [7, 11) is -3.72. The van der Waals surface area contributed by atoms with Crippen LogP contribution in [0.1, 0.15) is 33.7 Å². The number of sulfonamides is 1. The molecule has 0 bridgehead atoms. The molecule has 1 aliphatic heterocycles. The molecule has 1 saturated heterocycles. The average molecular weight is 450 g/mol. The second kappa shape index (κ2) is 8.17. The maximum atomic E-state index is 13.8. The Balaban J connectivity index is 1.55. The summed E-state index contributed by atoms with van der Waals surface area (Å²) in [6.45, 7) is 0.337. The summed E-state index contributed by atoms with van der Waals surface area (Å²) in [6.07, 6.45) is 1.20. The van der Waals surface area contributed by atoms with Gasteiger partial charge >= 0.3 is 0 Å². The Morgan fingerprint density at radius 2 is 1.90 bits per heavy atom. The molecule has 1 fully saturated rings. The van der Waals surface area contributed by atoms with Crippen LogP contribution in [0.2, 0.25) is 0 Å². The molecule has 0 aliphatic carbocycles. The van der Waals surface area contributed by atoms with Crippen LogP contribution in [0.25, 0.3) is 0 Å². The van der Waals surface area contributed by atoms with Gasteiger partial charge in [0.2, 0.25) is 15.0 Å². The van der Waals surface area contributed by atoms with E-state index in [2.05, 4.69) is 15.5 Å². The molecule has 30 heavy (non-hydrogen) atoms. The first-order chi connectivity index (χ1) is 14.4. The molecule has 1 N–H and O–H groups in total. The van der Waals surface area contributed by atoms with Gasteiger partial charge in [-0.3, -0.25) is 4.79 Å². The number of benzene rings is 2. The summed E-state index contributed by atoms with van der Waals surface area (Å²) >= 11 is 0.945. The maximum absolute atomic E-state index is 13.8. The molecule has 7 nitrogen and oxygen atoms in total. The van der Waals surface area contributed by atoms with Crippen molar-refractivity contribution in [2.75, 3.05) is 11.9 Å². The number of nitrogens with zero attached hydrogens (tertiary/aromatic N) is 3. The fraction of sp³-hybridized carbons (Fsp3) is 0.211. The Kier molecular flexibility index (Phi) is 5.58. The van der Waals surface area contributed by atoms with E-state index in [0.29, 0.717) is 30.5 Å². The Hall–Kier alpha value is -2.76. The first kappa shape index (κ1) is 20.5. The first-order valence-electron chi connectivity index (χ1n) is 9.03. The molecule has 1 atom stereocenters. The van der Waals surface area contributed by atoms with E-state index in [1.165, 1.54) is 16.4 Å². The van der Waals surface area contributed by atoms with Crippen molar-refractivity contribution in [1.29, 1.82) is 0 Å². The molecule has 0 radical (unpaired) electrons. The standard InChI is InChI=1S/C19H16F2N4O3S2/c20-12-8-9-15(14(21)11-12)22-17(26)19-24-23-18(29-19)16-7-4-10-25(16)30(27,28)13-5-2-1-3-6-13/h1-3,5-6,8-9,11,16H,4,7,10H2,(H,22,26)/t16-/m0/s1. The van der Waals surface area contributed by atoms with Gasteiger partial charge in [-0.15, -0.1) is 10.2 Å². The number of hydrogen-bond donors (Lipinski definition) is 1. The monoisotopic (exact) mass is 450 g/mol. The molecule has 0 saturated carbocycles. The molecular weight excluding hydrogens is 434 g/mol. The van der Waals surface area contributed by atoms with E-state index < -0.39 is 33.6 Å². The van der Waals surface area contributed by atoms with E-state index >= 15 is 0 Å². The number of hydrogen-bond acceptors (Lipinski definition) is 6. The van der Waals surface area contributed by atoms with Gasteiger partial charge in [-0.1, -0.05) is 29.5 Å². The average Bonchev–Trinajstić information content (AvgIpc) is 3.40. The minimum atomic E-state index is -3.72. The highest BCUT2D eigenvalue weighted by Gasteiger charge is 2.38. The minimum Gasteiger partial charge on any atom is -0.317 e. The van der Waals surface area contributed by atoms with E-state index in [-0.39, 0.29) is 15.6 Å². The molecular formula is C19H16F2N4O3S2. The van der Waals surface area contributed by atoms with Crippen LogP contribution in [-0.4, -0.2) is 35.4 Å². The summed E-state index contributed by atoms with van der Waals surface area (Å²) < 4.78 is 54.1. The lowest BCUT2D eigenvalue weighted by atomic mass is 10.2. The summed E-state index contributed by atoms with van der Waals surface area (Å²) in [5, 5.41) is 10.5. The number of carbonyl (C=O) groups is 1. The molecule has 2 heterocycles. The molecule has 0 unspecified atom stereocenters. The zero-order valence-corrected chi connectivity index (χ0v) is 17.1. The minimum absolute atomic E-state index is 0.0438. The molecule has 0 spiro atoms. The van der Waals surface area contributed by atoms with Crippen LogP contribution in [0, 0.1) is 11.6 Å². The number of carbonyl (C=O) groups excluding carboxylic acids is 1. The molecule has 2 aromatic carbocycles. The first-order valence-corrected chi connectivity index (χ1v) is 11.3. The third-order valence-electron chi connectivity index (χ3n) is 4.65.